The minimum Gasteiger partial charge on any atom is -0.496 e. The highest BCUT2D eigenvalue weighted by Gasteiger charge is 2.53. The zero-order valence-corrected chi connectivity index (χ0v) is 13.8. The Balaban J connectivity index is 1.82. The quantitative estimate of drug-likeness (QED) is 0.927. The normalized spacial score (nSPS) is 23.2. The summed E-state index contributed by atoms with van der Waals surface area (Å²) in [4.78, 5) is 15.1. The van der Waals surface area contributed by atoms with Crippen molar-refractivity contribution < 1.29 is 9.53 Å². The van der Waals surface area contributed by atoms with E-state index in [1.807, 2.05) is 14.0 Å². The van der Waals surface area contributed by atoms with E-state index in [1.54, 1.807) is 7.11 Å². The Bertz CT molecular complexity index is 566. The molecule has 1 atom stereocenters. The van der Waals surface area contributed by atoms with E-state index in [-0.39, 0.29) is 5.41 Å². The van der Waals surface area contributed by atoms with Gasteiger partial charge in [0.25, 0.3) is 0 Å². The van der Waals surface area contributed by atoms with Crippen molar-refractivity contribution in [2.45, 2.75) is 44.1 Å². The van der Waals surface area contributed by atoms with Crippen LogP contribution in [0.2, 0.25) is 0 Å². The maximum atomic E-state index is 13.1. The number of likely N-dealkylation sites (N-methyl/N-ethyl adjacent to an activating group) is 1. The lowest BCUT2D eigenvalue weighted by Gasteiger charge is -2.35. The molecule has 22 heavy (non-hydrogen) atoms. The summed E-state index contributed by atoms with van der Waals surface area (Å²) < 4.78 is 5.43. The van der Waals surface area contributed by atoms with Gasteiger partial charge >= 0.3 is 0 Å². The summed E-state index contributed by atoms with van der Waals surface area (Å²) in [6.07, 6.45) is 4.16. The number of aryl methyl sites for hydroxylation is 1. The van der Waals surface area contributed by atoms with Crippen LogP contribution < -0.4 is 10.1 Å². The molecular formula is C18H26N2O2. The van der Waals surface area contributed by atoms with E-state index in [0.29, 0.717) is 11.9 Å². The third kappa shape index (κ3) is 2.60. The fourth-order valence-corrected chi connectivity index (χ4v) is 3.57. The number of carbonyl (C=O) groups excluding carboxylic acids is 1. The second-order valence-electron chi connectivity index (χ2n) is 6.65. The summed E-state index contributed by atoms with van der Waals surface area (Å²) in [5.74, 6) is 1.18. The van der Waals surface area contributed by atoms with Gasteiger partial charge < -0.3 is 15.0 Å². The third-order valence-electron chi connectivity index (χ3n) is 5.24. The number of hydrogen-bond donors (Lipinski definition) is 1. The summed E-state index contributed by atoms with van der Waals surface area (Å²) in [5, 5.41) is 3.31. The first-order chi connectivity index (χ1) is 10.6. The molecule has 1 aromatic carbocycles. The monoisotopic (exact) mass is 302 g/mol. The number of piperidine rings is 1. The van der Waals surface area contributed by atoms with Gasteiger partial charge in [-0.1, -0.05) is 12.1 Å². The van der Waals surface area contributed by atoms with Crippen LogP contribution in [0, 0.1) is 6.92 Å². The van der Waals surface area contributed by atoms with Gasteiger partial charge in [-0.3, -0.25) is 4.79 Å². The van der Waals surface area contributed by atoms with E-state index in [4.69, 9.17) is 4.74 Å². The molecule has 4 heteroatoms. The minimum absolute atomic E-state index is 0.295. The van der Waals surface area contributed by atoms with Crippen molar-refractivity contribution in [1.29, 1.82) is 0 Å². The van der Waals surface area contributed by atoms with Gasteiger partial charge in [-0.25, -0.2) is 0 Å². The first-order valence-corrected chi connectivity index (χ1v) is 8.22. The van der Waals surface area contributed by atoms with E-state index in [9.17, 15) is 4.79 Å². The molecule has 0 bridgehead atoms. The molecule has 1 saturated heterocycles. The van der Waals surface area contributed by atoms with Crippen molar-refractivity contribution in [3.8, 4) is 5.75 Å². The fraction of sp³-hybridized carbons (Fsp3) is 0.611. The average Bonchev–Trinajstić information content (AvgIpc) is 3.36. The Hall–Kier alpha value is -1.55. The van der Waals surface area contributed by atoms with Gasteiger partial charge in [-0.05, 0) is 56.8 Å². The Morgan fingerprint density at radius 1 is 1.41 bits per heavy atom. The topological polar surface area (TPSA) is 41.6 Å². The number of methoxy groups -OCH3 is 1. The van der Waals surface area contributed by atoms with Crippen LogP contribution in [0.3, 0.4) is 0 Å². The number of ether oxygens (including phenoxy) is 1. The van der Waals surface area contributed by atoms with Gasteiger partial charge in [0.2, 0.25) is 5.91 Å². The number of hydrogen-bond acceptors (Lipinski definition) is 3. The molecule has 1 saturated carbocycles. The van der Waals surface area contributed by atoms with Crippen LogP contribution in [-0.2, 0) is 10.2 Å². The number of likely N-dealkylation sites (tertiary alicyclic amines) is 1. The summed E-state index contributed by atoms with van der Waals surface area (Å²) >= 11 is 0. The standard InChI is InChI=1S/C18H26N2O2/c1-13-6-7-14(11-16(13)22-3)18(8-9-18)17(21)20-10-4-5-15(12-20)19-2/h6-7,11,15,19H,4-5,8-10,12H2,1-3H3. The molecule has 1 N–H and O–H groups in total. The van der Waals surface area contributed by atoms with Crippen LogP contribution in [0.4, 0.5) is 0 Å². The van der Waals surface area contributed by atoms with Crippen LogP contribution in [-0.4, -0.2) is 44.1 Å². The predicted octanol–water partition coefficient (Wildman–Crippen LogP) is 2.25. The number of rotatable bonds is 4. The van der Waals surface area contributed by atoms with Crippen molar-refractivity contribution in [3.05, 3.63) is 29.3 Å². The van der Waals surface area contributed by atoms with Crippen LogP contribution in [0.1, 0.15) is 36.8 Å². The lowest BCUT2D eigenvalue weighted by Crippen LogP contribution is -2.50. The highest BCUT2D eigenvalue weighted by atomic mass is 16.5. The van der Waals surface area contributed by atoms with Gasteiger partial charge in [0.15, 0.2) is 0 Å². The largest absolute Gasteiger partial charge is 0.496 e. The van der Waals surface area contributed by atoms with Crippen molar-refractivity contribution >= 4 is 5.91 Å². The Morgan fingerprint density at radius 2 is 2.18 bits per heavy atom. The molecule has 1 unspecified atom stereocenters. The zero-order valence-electron chi connectivity index (χ0n) is 13.8. The van der Waals surface area contributed by atoms with Crippen LogP contribution in [0.15, 0.2) is 18.2 Å². The second kappa shape index (κ2) is 5.92. The number of nitrogens with one attached hydrogen (secondary N) is 1. The van der Waals surface area contributed by atoms with E-state index in [2.05, 4.69) is 28.4 Å². The highest BCUT2D eigenvalue weighted by Crippen LogP contribution is 2.50. The van der Waals surface area contributed by atoms with Crippen molar-refractivity contribution in [2.24, 2.45) is 0 Å². The van der Waals surface area contributed by atoms with Crippen molar-refractivity contribution in [2.75, 3.05) is 27.2 Å². The van der Waals surface area contributed by atoms with Crippen LogP contribution in [0.5, 0.6) is 5.75 Å². The SMILES string of the molecule is CNC1CCCN(C(=O)C2(c3ccc(C)c(OC)c3)CC2)C1. The molecule has 1 aliphatic carbocycles. The van der Waals surface area contributed by atoms with E-state index < -0.39 is 0 Å². The molecule has 1 amide bonds. The smallest absolute Gasteiger partial charge is 0.233 e. The number of benzene rings is 1. The van der Waals surface area contributed by atoms with Gasteiger partial charge in [0.05, 0.1) is 12.5 Å². The zero-order chi connectivity index (χ0) is 15.7. The van der Waals surface area contributed by atoms with Crippen molar-refractivity contribution in [1.82, 2.24) is 10.2 Å². The van der Waals surface area contributed by atoms with Gasteiger partial charge in [0.1, 0.15) is 5.75 Å². The fourth-order valence-electron chi connectivity index (χ4n) is 3.57. The summed E-state index contributed by atoms with van der Waals surface area (Å²) in [7, 11) is 3.67. The highest BCUT2D eigenvalue weighted by molar-refractivity contribution is 5.91. The maximum Gasteiger partial charge on any atom is 0.233 e. The number of amides is 1. The number of nitrogens with zero attached hydrogens (tertiary/aromatic N) is 1. The maximum absolute atomic E-state index is 13.1. The molecular weight excluding hydrogens is 276 g/mol. The van der Waals surface area contributed by atoms with Gasteiger partial charge in [-0.2, -0.15) is 0 Å². The molecule has 2 aliphatic rings. The number of carbonyl (C=O) groups is 1. The predicted molar refractivity (Wildman–Crippen MR) is 87.3 cm³/mol. The summed E-state index contributed by atoms with van der Waals surface area (Å²) in [6, 6.07) is 6.65. The van der Waals surface area contributed by atoms with E-state index in [1.165, 1.54) is 0 Å². The Kier molecular flexibility index (Phi) is 4.13. The van der Waals surface area contributed by atoms with Crippen LogP contribution in [0.25, 0.3) is 0 Å². The third-order valence-corrected chi connectivity index (χ3v) is 5.24. The molecule has 120 valence electrons. The summed E-state index contributed by atoms with van der Waals surface area (Å²) in [5.41, 5.74) is 1.94. The van der Waals surface area contributed by atoms with E-state index in [0.717, 1.165) is 55.6 Å². The van der Waals surface area contributed by atoms with Crippen molar-refractivity contribution in [3.63, 3.8) is 0 Å². The Morgan fingerprint density at radius 3 is 2.82 bits per heavy atom. The molecule has 1 aromatic rings. The molecule has 0 radical (unpaired) electrons. The first-order valence-electron chi connectivity index (χ1n) is 8.22. The Labute approximate surface area is 132 Å². The molecule has 1 aliphatic heterocycles. The van der Waals surface area contributed by atoms with Gasteiger partial charge in [-0.15, -0.1) is 0 Å². The molecule has 2 fully saturated rings. The average molecular weight is 302 g/mol. The first kappa shape index (κ1) is 15.3. The molecule has 3 rings (SSSR count). The minimum atomic E-state index is -0.295. The lowest BCUT2D eigenvalue weighted by molar-refractivity contribution is -0.135. The second-order valence-corrected chi connectivity index (χ2v) is 6.65. The lowest BCUT2D eigenvalue weighted by atomic mass is 9.92. The summed E-state index contributed by atoms with van der Waals surface area (Å²) in [6.45, 7) is 3.76. The molecule has 1 heterocycles. The van der Waals surface area contributed by atoms with E-state index >= 15 is 0 Å². The van der Waals surface area contributed by atoms with Crippen LogP contribution >= 0.6 is 0 Å². The van der Waals surface area contributed by atoms with Gasteiger partial charge in [0, 0.05) is 19.1 Å². The molecule has 0 aromatic heterocycles. The molecule has 4 nitrogen and oxygen atoms in total. The molecule has 0 spiro atoms.